The molecular formula is C22H21ClN6O. The minimum Gasteiger partial charge on any atom is -0.369 e. The molecule has 1 N–H and O–H groups in total. The summed E-state index contributed by atoms with van der Waals surface area (Å²) in [6.07, 6.45) is 1.48. The Bertz CT molecular complexity index is 1170. The van der Waals surface area contributed by atoms with Crippen LogP contribution in [-0.2, 0) is 0 Å². The van der Waals surface area contributed by atoms with Gasteiger partial charge in [-0.1, -0.05) is 35.0 Å². The van der Waals surface area contributed by atoms with E-state index in [-0.39, 0.29) is 0 Å². The van der Waals surface area contributed by atoms with Crippen LogP contribution in [0.1, 0.15) is 0 Å². The van der Waals surface area contributed by atoms with Gasteiger partial charge in [-0.15, -0.1) is 0 Å². The number of hydrogen-bond acceptors (Lipinski definition) is 7. The second-order valence-electron chi connectivity index (χ2n) is 7.41. The maximum atomic E-state index is 6.03. The average Bonchev–Trinajstić information content (AvgIpc) is 3.20. The first-order valence-electron chi connectivity index (χ1n) is 9.84. The third-order valence-electron chi connectivity index (χ3n) is 5.37. The number of aromatic nitrogens is 3. The first-order chi connectivity index (χ1) is 14.7. The van der Waals surface area contributed by atoms with Crippen molar-refractivity contribution in [1.29, 1.82) is 0 Å². The summed E-state index contributed by atoms with van der Waals surface area (Å²) in [5, 5.41) is 9.06. The third kappa shape index (κ3) is 3.69. The monoisotopic (exact) mass is 420 g/mol. The quantitative estimate of drug-likeness (QED) is 0.523. The summed E-state index contributed by atoms with van der Waals surface area (Å²) in [5.74, 6) is 0.654. The summed E-state index contributed by atoms with van der Waals surface area (Å²) in [5.41, 5.74) is 4.16. The number of piperazine rings is 1. The van der Waals surface area contributed by atoms with Gasteiger partial charge in [0.25, 0.3) is 5.71 Å². The van der Waals surface area contributed by atoms with Gasteiger partial charge >= 0.3 is 0 Å². The molecular weight excluding hydrogens is 400 g/mol. The summed E-state index contributed by atoms with van der Waals surface area (Å²) in [7, 11) is 2.16. The topological polar surface area (TPSA) is 70.3 Å². The summed E-state index contributed by atoms with van der Waals surface area (Å²) >= 11 is 6.03. The molecule has 1 aliphatic rings. The highest BCUT2D eigenvalue weighted by atomic mass is 35.5. The van der Waals surface area contributed by atoms with Crippen LogP contribution in [0, 0.1) is 0 Å². The minimum absolute atomic E-state index is 0.438. The molecule has 1 aliphatic heterocycles. The van der Waals surface area contributed by atoms with Crippen LogP contribution in [0.5, 0.6) is 0 Å². The summed E-state index contributed by atoms with van der Waals surface area (Å²) in [6, 6.07) is 15.8. The average molecular weight is 421 g/mol. The van der Waals surface area contributed by atoms with Crippen molar-refractivity contribution in [2.24, 2.45) is 0 Å². The molecule has 1 saturated heterocycles. The number of nitrogens with one attached hydrogen (secondary N) is 1. The molecule has 8 heteroatoms. The molecule has 0 atom stereocenters. The van der Waals surface area contributed by atoms with Gasteiger partial charge < -0.3 is 19.6 Å². The first kappa shape index (κ1) is 18.8. The van der Waals surface area contributed by atoms with Crippen molar-refractivity contribution in [1.82, 2.24) is 20.0 Å². The smallest absolute Gasteiger partial charge is 0.263 e. The van der Waals surface area contributed by atoms with Crippen molar-refractivity contribution in [2.45, 2.75) is 0 Å². The second kappa shape index (κ2) is 7.93. The van der Waals surface area contributed by atoms with Crippen molar-refractivity contribution in [3.63, 3.8) is 0 Å². The van der Waals surface area contributed by atoms with E-state index < -0.39 is 0 Å². The number of rotatable bonds is 4. The molecule has 0 amide bonds. The molecule has 0 saturated carbocycles. The van der Waals surface area contributed by atoms with Gasteiger partial charge in [0.15, 0.2) is 0 Å². The standard InChI is InChI=1S/C22H21ClN6O/c1-28-9-11-29(12-10-28)18-4-2-3-17(13-18)26-21-19-20(15-5-7-16(23)8-6-15)27-30-22(19)25-14-24-21/h2-8,13-14H,9-12H2,1H3,(H,24,25,26). The van der Waals surface area contributed by atoms with Crippen LogP contribution in [0.2, 0.25) is 5.02 Å². The molecule has 0 radical (unpaired) electrons. The van der Waals surface area contributed by atoms with E-state index in [0.717, 1.165) is 42.8 Å². The van der Waals surface area contributed by atoms with E-state index in [2.05, 4.69) is 55.5 Å². The van der Waals surface area contributed by atoms with Crippen LogP contribution in [0.25, 0.3) is 22.4 Å². The maximum Gasteiger partial charge on any atom is 0.263 e. The van der Waals surface area contributed by atoms with Crippen LogP contribution < -0.4 is 10.2 Å². The maximum absolute atomic E-state index is 6.03. The second-order valence-corrected chi connectivity index (χ2v) is 7.84. The van der Waals surface area contributed by atoms with Gasteiger partial charge in [0.05, 0.1) is 0 Å². The van der Waals surface area contributed by atoms with Gasteiger partial charge in [0.1, 0.15) is 23.2 Å². The van der Waals surface area contributed by atoms with Gasteiger partial charge in [0.2, 0.25) is 0 Å². The van der Waals surface area contributed by atoms with Crippen LogP contribution in [0.15, 0.2) is 59.4 Å². The molecule has 0 aliphatic carbocycles. The SMILES string of the molecule is CN1CCN(c2cccc(Nc3ncnc4onc(-c5ccc(Cl)cc5)c34)c2)CC1. The van der Waals surface area contributed by atoms with Crippen molar-refractivity contribution >= 4 is 39.9 Å². The fourth-order valence-corrected chi connectivity index (χ4v) is 3.79. The Labute approximate surface area is 179 Å². The molecule has 30 heavy (non-hydrogen) atoms. The molecule has 0 bridgehead atoms. The largest absolute Gasteiger partial charge is 0.369 e. The fraction of sp³-hybridized carbons (Fsp3) is 0.227. The first-order valence-corrected chi connectivity index (χ1v) is 10.2. The molecule has 3 heterocycles. The number of nitrogens with zero attached hydrogens (tertiary/aromatic N) is 5. The lowest BCUT2D eigenvalue weighted by Gasteiger charge is -2.34. The number of hydrogen-bond donors (Lipinski definition) is 1. The van der Waals surface area contributed by atoms with E-state index in [1.165, 1.54) is 12.0 Å². The number of likely N-dealkylation sites (N-methyl/N-ethyl adjacent to an activating group) is 1. The van der Waals surface area contributed by atoms with Crippen molar-refractivity contribution in [3.8, 4) is 11.3 Å². The highest BCUT2D eigenvalue weighted by Crippen LogP contribution is 2.33. The van der Waals surface area contributed by atoms with Crippen LogP contribution in [0.4, 0.5) is 17.2 Å². The highest BCUT2D eigenvalue weighted by molar-refractivity contribution is 6.30. The Balaban J connectivity index is 1.48. The summed E-state index contributed by atoms with van der Waals surface area (Å²) in [6.45, 7) is 4.17. The zero-order valence-corrected chi connectivity index (χ0v) is 17.3. The van der Waals surface area contributed by atoms with Crippen LogP contribution in [0.3, 0.4) is 0 Å². The van der Waals surface area contributed by atoms with Gasteiger partial charge in [-0.2, -0.15) is 4.98 Å². The van der Waals surface area contributed by atoms with Gasteiger partial charge in [-0.25, -0.2) is 4.98 Å². The Morgan fingerprint density at radius 2 is 1.80 bits per heavy atom. The van der Waals surface area contributed by atoms with E-state index in [1.54, 1.807) is 0 Å². The zero-order chi connectivity index (χ0) is 20.5. The van der Waals surface area contributed by atoms with E-state index >= 15 is 0 Å². The summed E-state index contributed by atoms with van der Waals surface area (Å²) in [4.78, 5) is 13.4. The molecule has 152 valence electrons. The van der Waals surface area contributed by atoms with E-state index in [9.17, 15) is 0 Å². The molecule has 0 spiro atoms. The predicted octanol–water partition coefficient (Wildman–Crippen LogP) is 4.43. The van der Waals surface area contributed by atoms with Crippen LogP contribution in [-0.4, -0.2) is 53.3 Å². The molecule has 2 aromatic carbocycles. The zero-order valence-electron chi connectivity index (χ0n) is 16.5. The lowest BCUT2D eigenvalue weighted by atomic mass is 10.1. The number of fused-ring (bicyclic) bond motifs is 1. The Morgan fingerprint density at radius 1 is 1.00 bits per heavy atom. The minimum atomic E-state index is 0.438. The molecule has 2 aromatic heterocycles. The van der Waals surface area contributed by atoms with E-state index in [4.69, 9.17) is 16.1 Å². The molecule has 1 fully saturated rings. The predicted molar refractivity (Wildman–Crippen MR) is 119 cm³/mol. The number of halogens is 1. The Morgan fingerprint density at radius 3 is 2.60 bits per heavy atom. The molecule has 5 rings (SSSR count). The molecule has 0 unspecified atom stereocenters. The number of anilines is 3. The Hall–Kier alpha value is -3.16. The van der Waals surface area contributed by atoms with Gasteiger partial charge in [-0.3, -0.25) is 0 Å². The number of benzene rings is 2. The lowest BCUT2D eigenvalue weighted by molar-refractivity contribution is 0.313. The van der Waals surface area contributed by atoms with Crippen molar-refractivity contribution in [3.05, 3.63) is 59.9 Å². The van der Waals surface area contributed by atoms with Crippen LogP contribution >= 0.6 is 11.6 Å². The van der Waals surface area contributed by atoms with E-state index in [0.29, 0.717) is 22.2 Å². The third-order valence-corrected chi connectivity index (χ3v) is 5.62. The van der Waals surface area contributed by atoms with Gasteiger partial charge in [-0.05, 0) is 37.4 Å². The lowest BCUT2D eigenvalue weighted by Crippen LogP contribution is -2.44. The molecule has 7 nitrogen and oxygen atoms in total. The van der Waals surface area contributed by atoms with Gasteiger partial charge in [0, 0.05) is 48.1 Å². The van der Waals surface area contributed by atoms with Crippen molar-refractivity contribution in [2.75, 3.05) is 43.4 Å². The Kier molecular flexibility index (Phi) is 4.98. The fourth-order valence-electron chi connectivity index (χ4n) is 3.67. The molecule has 4 aromatic rings. The van der Waals surface area contributed by atoms with Crippen molar-refractivity contribution < 1.29 is 4.52 Å². The van der Waals surface area contributed by atoms with E-state index in [1.807, 2.05) is 30.3 Å². The normalized spacial score (nSPS) is 14.9. The summed E-state index contributed by atoms with van der Waals surface area (Å²) < 4.78 is 5.45. The highest BCUT2D eigenvalue weighted by Gasteiger charge is 2.18.